The van der Waals surface area contributed by atoms with Gasteiger partial charge in [-0.25, -0.2) is 12.7 Å². The number of rotatable bonds is 6. The predicted octanol–water partition coefficient (Wildman–Crippen LogP) is 1.96. The first-order valence-electron chi connectivity index (χ1n) is 8.65. The molecule has 134 valence electrons. The van der Waals surface area contributed by atoms with Crippen LogP contribution in [0.1, 0.15) is 38.2 Å². The van der Waals surface area contributed by atoms with Gasteiger partial charge in [0.15, 0.2) is 0 Å². The van der Waals surface area contributed by atoms with Gasteiger partial charge < -0.3 is 9.47 Å². The van der Waals surface area contributed by atoms with E-state index in [1.54, 1.807) is 16.7 Å². The lowest BCUT2D eigenvalue weighted by Crippen LogP contribution is -2.47. The van der Waals surface area contributed by atoms with Crippen LogP contribution in [0, 0.1) is 0 Å². The second-order valence-electron chi connectivity index (χ2n) is 6.70. The third kappa shape index (κ3) is 4.14. The first-order valence-corrected chi connectivity index (χ1v) is 10.3. The van der Waals surface area contributed by atoms with E-state index in [-0.39, 0.29) is 17.5 Å². The fraction of sp³-hybridized carbons (Fsp3) is 0.706. The van der Waals surface area contributed by atoms with Crippen molar-refractivity contribution in [3.63, 3.8) is 0 Å². The highest BCUT2D eigenvalue weighted by Gasteiger charge is 2.44. The molecule has 1 aromatic heterocycles. The van der Waals surface area contributed by atoms with Crippen molar-refractivity contribution in [1.29, 1.82) is 0 Å². The zero-order valence-electron chi connectivity index (χ0n) is 14.2. The summed E-state index contributed by atoms with van der Waals surface area (Å²) < 4.78 is 38.0. The number of aromatic nitrogens is 1. The van der Waals surface area contributed by atoms with Crippen molar-refractivity contribution < 1.29 is 17.9 Å². The Morgan fingerprint density at radius 2 is 2.04 bits per heavy atom. The highest BCUT2D eigenvalue weighted by atomic mass is 32.2. The lowest BCUT2D eigenvalue weighted by molar-refractivity contribution is -0.0343. The first kappa shape index (κ1) is 17.8. The molecule has 3 heterocycles. The molecule has 1 aromatic rings. The van der Waals surface area contributed by atoms with E-state index in [0.717, 1.165) is 24.8 Å². The highest BCUT2D eigenvalue weighted by molar-refractivity contribution is 7.89. The van der Waals surface area contributed by atoms with Gasteiger partial charge in [0.2, 0.25) is 10.0 Å². The summed E-state index contributed by atoms with van der Waals surface area (Å²) in [5, 5.41) is 0. The van der Waals surface area contributed by atoms with Gasteiger partial charge in [0, 0.05) is 31.9 Å². The lowest BCUT2D eigenvalue weighted by atomic mass is 9.89. The van der Waals surface area contributed by atoms with E-state index in [1.807, 2.05) is 19.1 Å². The molecule has 0 bridgehead atoms. The maximum absolute atomic E-state index is 12.2. The van der Waals surface area contributed by atoms with E-state index in [2.05, 4.69) is 4.98 Å². The van der Waals surface area contributed by atoms with Gasteiger partial charge in [0.25, 0.3) is 0 Å². The fourth-order valence-corrected chi connectivity index (χ4v) is 5.02. The van der Waals surface area contributed by atoms with Crippen molar-refractivity contribution in [3.05, 3.63) is 30.1 Å². The normalized spacial score (nSPS) is 24.5. The zero-order chi connectivity index (χ0) is 17.0. The number of hydrogen-bond donors (Lipinski definition) is 0. The van der Waals surface area contributed by atoms with Crippen LogP contribution >= 0.6 is 0 Å². The Kier molecular flexibility index (Phi) is 5.54. The second kappa shape index (κ2) is 7.47. The van der Waals surface area contributed by atoms with E-state index < -0.39 is 10.0 Å². The molecule has 3 rings (SSSR count). The molecule has 0 aromatic carbocycles. The number of hydrogen-bond acceptors (Lipinski definition) is 5. The summed E-state index contributed by atoms with van der Waals surface area (Å²) in [6.07, 6.45) is 6.62. The summed E-state index contributed by atoms with van der Waals surface area (Å²) >= 11 is 0. The van der Waals surface area contributed by atoms with Crippen LogP contribution in [0.2, 0.25) is 0 Å². The van der Waals surface area contributed by atoms with Crippen molar-refractivity contribution in [1.82, 2.24) is 9.29 Å². The number of sulfonamides is 1. The Bertz CT molecular complexity index is 627. The Hall–Kier alpha value is -1.02. The van der Waals surface area contributed by atoms with Crippen LogP contribution in [-0.4, -0.2) is 54.9 Å². The molecule has 2 aliphatic rings. The molecule has 0 aliphatic carbocycles. The van der Waals surface area contributed by atoms with Gasteiger partial charge in [-0.2, -0.15) is 0 Å². The van der Waals surface area contributed by atoms with Crippen LogP contribution in [0.3, 0.4) is 0 Å². The summed E-state index contributed by atoms with van der Waals surface area (Å²) in [6, 6.07) is 3.89. The van der Waals surface area contributed by atoms with E-state index in [9.17, 15) is 8.42 Å². The summed E-state index contributed by atoms with van der Waals surface area (Å²) in [5.74, 6) is 0.235. The van der Waals surface area contributed by atoms with Crippen LogP contribution in [0.15, 0.2) is 24.5 Å². The van der Waals surface area contributed by atoms with Crippen LogP contribution < -0.4 is 0 Å². The van der Waals surface area contributed by atoms with Crippen molar-refractivity contribution in [2.75, 3.05) is 25.4 Å². The first-order chi connectivity index (χ1) is 11.5. The molecule has 1 atom stereocenters. The molecule has 0 saturated carbocycles. The minimum atomic E-state index is -3.10. The molecule has 0 radical (unpaired) electrons. The van der Waals surface area contributed by atoms with Gasteiger partial charge in [-0.3, -0.25) is 4.98 Å². The smallest absolute Gasteiger partial charge is 0.214 e. The third-order valence-corrected chi connectivity index (χ3v) is 6.98. The van der Waals surface area contributed by atoms with Crippen LogP contribution in [0.25, 0.3) is 0 Å². The average Bonchev–Trinajstić information content (AvgIpc) is 2.97. The second-order valence-corrected chi connectivity index (χ2v) is 8.79. The minimum Gasteiger partial charge on any atom is -0.372 e. The molecular formula is C17H26N2O4S. The summed E-state index contributed by atoms with van der Waals surface area (Å²) in [5.41, 5.74) is 0.896. The number of nitrogens with zero attached hydrogens (tertiary/aromatic N) is 2. The highest BCUT2D eigenvalue weighted by Crippen LogP contribution is 2.37. The van der Waals surface area contributed by atoms with Gasteiger partial charge in [-0.1, -0.05) is 6.92 Å². The van der Waals surface area contributed by atoms with E-state index >= 15 is 0 Å². The molecule has 0 N–H and O–H groups in total. The number of piperidine rings is 1. The van der Waals surface area contributed by atoms with E-state index in [4.69, 9.17) is 9.47 Å². The zero-order valence-corrected chi connectivity index (χ0v) is 15.0. The van der Waals surface area contributed by atoms with E-state index in [1.165, 1.54) is 0 Å². The standard InChI is InChI=1S/C17H26N2O4S/c1-2-11-24(20,21)19-9-5-17(6-10-19)12-16(14-23-17)22-13-15-3-7-18-8-4-15/h3-4,7-8,16H,2,5-6,9-14H2,1H3/t16-/m1/s1. The van der Waals surface area contributed by atoms with Crippen molar-refractivity contribution in [2.24, 2.45) is 0 Å². The van der Waals surface area contributed by atoms with Gasteiger partial charge in [-0.05, 0) is 37.0 Å². The Labute approximate surface area is 144 Å². The minimum absolute atomic E-state index is 0.0805. The quantitative estimate of drug-likeness (QED) is 0.781. The summed E-state index contributed by atoms with van der Waals surface area (Å²) in [6.45, 7) is 4.16. The van der Waals surface area contributed by atoms with Crippen LogP contribution in [0.4, 0.5) is 0 Å². The largest absolute Gasteiger partial charge is 0.372 e. The van der Waals surface area contributed by atoms with Crippen LogP contribution in [0.5, 0.6) is 0 Å². The van der Waals surface area contributed by atoms with Gasteiger partial charge in [-0.15, -0.1) is 0 Å². The summed E-state index contributed by atoms with van der Waals surface area (Å²) in [7, 11) is -3.10. The van der Waals surface area contributed by atoms with E-state index in [0.29, 0.717) is 32.7 Å². The van der Waals surface area contributed by atoms with Gasteiger partial charge in [0.05, 0.1) is 30.7 Å². The average molecular weight is 354 g/mol. The molecule has 2 saturated heterocycles. The molecular weight excluding hydrogens is 328 g/mol. The molecule has 6 nitrogen and oxygen atoms in total. The van der Waals surface area contributed by atoms with Crippen LogP contribution in [-0.2, 0) is 26.1 Å². The van der Waals surface area contributed by atoms with Crippen molar-refractivity contribution in [2.45, 2.75) is 50.9 Å². The fourth-order valence-electron chi connectivity index (χ4n) is 3.51. The molecule has 1 spiro atoms. The third-order valence-electron chi connectivity index (χ3n) is 4.90. The Morgan fingerprint density at radius 3 is 2.71 bits per heavy atom. The monoisotopic (exact) mass is 354 g/mol. The summed E-state index contributed by atoms with van der Waals surface area (Å²) in [4.78, 5) is 4.00. The van der Waals surface area contributed by atoms with Gasteiger partial charge >= 0.3 is 0 Å². The molecule has 7 heteroatoms. The molecule has 0 unspecified atom stereocenters. The Morgan fingerprint density at radius 1 is 1.33 bits per heavy atom. The SMILES string of the molecule is CCCS(=O)(=O)N1CCC2(CC1)C[C@@H](OCc1ccncc1)CO2. The Balaban J connectivity index is 1.49. The van der Waals surface area contributed by atoms with Crippen molar-refractivity contribution in [3.8, 4) is 0 Å². The van der Waals surface area contributed by atoms with Gasteiger partial charge in [0.1, 0.15) is 0 Å². The lowest BCUT2D eigenvalue weighted by Gasteiger charge is -2.37. The number of ether oxygens (including phenoxy) is 2. The maximum atomic E-state index is 12.2. The number of pyridine rings is 1. The predicted molar refractivity (Wildman–Crippen MR) is 91.0 cm³/mol. The molecule has 2 fully saturated rings. The maximum Gasteiger partial charge on any atom is 0.214 e. The topological polar surface area (TPSA) is 68.7 Å². The molecule has 2 aliphatic heterocycles. The van der Waals surface area contributed by atoms with Crippen molar-refractivity contribution >= 4 is 10.0 Å². The molecule has 24 heavy (non-hydrogen) atoms. The molecule has 0 amide bonds.